The van der Waals surface area contributed by atoms with Gasteiger partial charge in [0.15, 0.2) is 0 Å². The van der Waals surface area contributed by atoms with E-state index in [0.717, 1.165) is 23.7 Å². The summed E-state index contributed by atoms with van der Waals surface area (Å²) in [5.41, 5.74) is 14.7. The molecule has 10 heteroatoms. The Hall–Kier alpha value is -3.82. The quantitative estimate of drug-likeness (QED) is 0.478. The van der Waals surface area contributed by atoms with Gasteiger partial charge in [0.1, 0.15) is 0 Å². The van der Waals surface area contributed by atoms with Crippen molar-refractivity contribution in [1.29, 1.82) is 0 Å². The number of aliphatic imine (C=N–C) groups is 2. The third-order valence-corrected chi connectivity index (χ3v) is 3.94. The Balaban J connectivity index is 0.000000158. The van der Waals surface area contributed by atoms with Crippen LogP contribution in [0.3, 0.4) is 0 Å². The zero-order valence-electron chi connectivity index (χ0n) is 13.5. The Morgan fingerprint density at radius 1 is 0.769 bits per heavy atom. The van der Waals surface area contributed by atoms with Gasteiger partial charge in [-0.15, -0.1) is 0 Å². The highest BCUT2D eigenvalue weighted by Crippen LogP contribution is 2.36. The molecule has 2 heterocycles. The highest BCUT2D eigenvalue weighted by Gasteiger charge is 2.27. The molecule has 0 aromatic heterocycles. The second kappa shape index (κ2) is 6.59. The van der Waals surface area contributed by atoms with Crippen molar-refractivity contribution in [3.63, 3.8) is 0 Å². The first kappa shape index (κ1) is 17.0. The maximum Gasteiger partial charge on any atom is 0.348 e. The first-order chi connectivity index (χ1) is 12.4. The third-order valence-electron chi connectivity index (χ3n) is 3.94. The SMILES string of the molecule is Nc1cc2c(cc1N)N=CC2.O=[N+]([O-])c1cc2c(cc1[N+](=O)[O-])N=CC2. The van der Waals surface area contributed by atoms with Crippen molar-refractivity contribution in [1.82, 2.24) is 0 Å². The van der Waals surface area contributed by atoms with Crippen molar-refractivity contribution < 1.29 is 9.85 Å². The molecule has 10 nitrogen and oxygen atoms in total. The number of anilines is 2. The third kappa shape index (κ3) is 3.20. The van der Waals surface area contributed by atoms with Crippen LogP contribution in [-0.2, 0) is 12.8 Å². The number of fused-ring (bicyclic) bond motifs is 2. The minimum absolute atomic E-state index is 0.437. The lowest BCUT2D eigenvalue weighted by Gasteiger charge is -2.02. The highest BCUT2D eigenvalue weighted by molar-refractivity contribution is 5.81. The molecule has 0 saturated carbocycles. The molecule has 4 N–H and O–H groups in total. The molecule has 0 amide bonds. The van der Waals surface area contributed by atoms with Gasteiger partial charge >= 0.3 is 11.4 Å². The van der Waals surface area contributed by atoms with Crippen molar-refractivity contribution in [2.45, 2.75) is 12.8 Å². The van der Waals surface area contributed by atoms with E-state index >= 15 is 0 Å². The molecular formula is C16H14N6O4. The fourth-order valence-electron chi connectivity index (χ4n) is 2.62. The van der Waals surface area contributed by atoms with Crippen LogP contribution >= 0.6 is 0 Å². The molecule has 0 atom stereocenters. The molecule has 2 aliphatic heterocycles. The normalized spacial score (nSPS) is 12.9. The van der Waals surface area contributed by atoms with E-state index in [1.54, 1.807) is 6.21 Å². The molecule has 2 aromatic rings. The van der Waals surface area contributed by atoms with E-state index in [9.17, 15) is 20.2 Å². The predicted molar refractivity (Wildman–Crippen MR) is 98.7 cm³/mol. The number of hydrogen-bond acceptors (Lipinski definition) is 8. The van der Waals surface area contributed by atoms with E-state index in [1.165, 1.54) is 6.07 Å². The lowest BCUT2D eigenvalue weighted by Crippen LogP contribution is -1.97. The number of nitro benzene ring substituents is 2. The van der Waals surface area contributed by atoms with Gasteiger partial charge < -0.3 is 11.5 Å². The lowest BCUT2D eigenvalue weighted by atomic mass is 10.1. The van der Waals surface area contributed by atoms with Gasteiger partial charge in [-0.25, -0.2) is 0 Å². The molecule has 0 spiro atoms. The minimum Gasteiger partial charge on any atom is -0.397 e. The number of nitro groups is 2. The summed E-state index contributed by atoms with van der Waals surface area (Å²) in [7, 11) is 0. The summed E-state index contributed by atoms with van der Waals surface area (Å²) >= 11 is 0. The molecule has 2 aromatic carbocycles. The molecule has 0 aliphatic carbocycles. The van der Waals surface area contributed by atoms with E-state index in [-0.39, 0.29) is 0 Å². The van der Waals surface area contributed by atoms with Crippen molar-refractivity contribution >= 4 is 46.6 Å². The predicted octanol–water partition coefficient (Wildman–Crippen LogP) is 2.87. The zero-order valence-corrected chi connectivity index (χ0v) is 13.5. The molecule has 2 aliphatic rings. The van der Waals surface area contributed by atoms with E-state index in [1.807, 2.05) is 18.3 Å². The molecule has 26 heavy (non-hydrogen) atoms. The van der Waals surface area contributed by atoms with Crippen LogP contribution in [0.25, 0.3) is 0 Å². The first-order valence-corrected chi connectivity index (χ1v) is 7.55. The van der Waals surface area contributed by atoms with Crippen LogP contribution in [0.15, 0.2) is 34.3 Å². The van der Waals surface area contributed by atoms with Crippen molar-refractivity contribution in [3.8, 4) is 0 Å². The first-order valence-electron chi connectivity index (χ1n) is 7.55. The Morgan fingerprint density at radius 2 is 1.23 bits per heavy atom. The average Bonchev–Trinajstić information content (AvgIpc) is 3.22. The van der Waals surface area contributed by atoms with Gasteiger partial charge in [0.05, 0.1) is 32.6 Å². The molecule has 0 fully saturated rings. The minimum atomic E-state index is -0.772. The zero-order chi connectivity index (χ0) is 18.8. The molecule has 0 unspecified atom stereocenters. The van der Waals surface area contributed by atoms with Crippen LogP contribution in [0.5, 0.6) is 0 Å². The number of nitrogens with zero attached hydrogens (tertiary/aromatic N) is 4. The second-order valence-corrected chi connectivity index (χ2v) is 5.63. The number of hydrogen-bond donors (Lipinski definition) is 2. The highest BCUT2D eigenvalue weighted by atomic mass is 16.6. The summed E-state index contributed by atoms with van der Waals surface area (Å²) in [4.78, 5) is 27.7. The van der Waals surface area contributed by atoms with Crippen LogP contribution in [-0.4, -0.2) is 22.3 Å². The summed E-state index contributed by atoms with van der Waals surface area (Å²) in [6, 6.07) is 6.04. The summed E-state index contributed by atoms with van der Waals surface area (Å²) in [5.74, 6) is 0. The standard InChI is InChI=1S/C8H5N3O4.C8H9N3/c12-10(13)7-3-5-1-2-9-6(5)4-8(7)11(14)15;9-6-3-5-1-2-11-8(5)4-7(6)10/h2-4H,1H2;2-4H,1,9-10H2. The van der Waals surface area contributed by atoms with Gasteiger partial charge in [-0.2, -0.15) is 0 Å². The maximum absolute atomic E-state index is 10.6. The van der Waals surface area contributed by atoms with Crippen molar-refractivity contribution in [3.05, 3.63) is 55.6 Å². The summed E-state index contributed by atoms with van der Waals surface area (Å²) < 4.78 is 0. The van der Waals surface area contributed by atoms with Gasteiger partial charge in [0.25, 0.3) is 0 Å². The maximum atomic E-state index is 10.6. The topological polar surface area (TPSA) is 163 Å². The van der Waals surface area contributed by atoms with Gasteiger partial charge in [-0.3, -0.25) is 30.2 Å². The molecular weight excluding hydrogens is 340 g/mol. The Kier molecular flexibility index (Phi) is 4.31. The van der Waals surface area contributed by atoms with Gasteiger partial charge in [0, 0.05) is 37.4 Å². The summed E-state index contributed by atoms with van der Waals surface area (Å²) in [5, 5.41) is 21.2. The average molecular weight is 354 g/mol. The van der Waals surface area contributed by atoms with Crippen molar-refractivity contribution in [2.24, 2.45) is 9.98 Å². The van der Waals surface area contributed by atoms with Gasteiger partial charge in [-0.1, -0.05) is 0 Å². The largest absolute Gasteiger partial charge is 0.397 e. The van der Waals surface area contributed by atoms with E-state index < -0.39 is 21.2 Å². The van der Waals surface area contributed by atoms with Crippen LogP contribution in [0.4, 0.5) is 34.1 Å². The Bertz CT molecular complexity index is 983. The van der Waals surface area contributed by atoms with E-state index in [0.29, 0.717) is 29.0 Å². The van der Waals surface area contributed by atoms with Crippen LogP contribution in [0, 0.1) is 20.2 Å². The van der Waals surface area contributed by atoms with Crippen LogP contribution in [0.1, 0.15) is 11.1 Å². The van der Waals surface area contributed by atoms with E-state index in [4.69, 9.17) is 11.5 Å². The van der Waals surface area contributed by atoms with Crippen molar-refractivity contribution in [2.75, 3.05) is 11.5 Å². The molecule has 0 radical (unpaired) electrons. The fourth-order valence-corrected chi connectivity index (χ4v) is 2.62. The van der Waals surface area contributed by atoms with Crippen LogP contribution in [0.2, 0.25) is 0 Å². The molecule has 132 valence electrons. The summed E-state index contributed by atoms with van der Waals surface area (Å²) in [6.07, 6.45) is 4.79. The Morgan fingerprint density at radius 3 is 1.81 bits per heavy atom. The number of nitrogen functional groups attached to an aromatic ring is 2. The molecule has 0 saturated heterocycles. The monoisotopic (exact) mass is 354 g/mol. The van der Waals surface area contributed by atoms with Crippen LogP contribution < -0.4 is 11.5 Å². The Labute approximate surface area is 147 Å². The second-order valence-electron chi connectivity index (χ2n) is 5.63. The van der Waals surface area contributed by atoms with E-state index in [2.05, 4.69) is 9.98 Å². The van der Waals surface area contributed by atoms with Gasteiger partial charge in [-0.05, 0) is 23.3 Å². The molecule has 0 bridgehead atoms. The number of nitrogens with two attached hydrogens (primary N) is 2. The number of benzene rings is 2. The lowest BCUT2D eigenvalue weighted by molar-refractivity contribution is -0.422. The smallest absolute Gasteiger partial charge is 0.348 e. The van der Waals surface area contributed by atoms with Gasteiger partial charge in [0.2, 0.25) is 0 Å². The molecule has 4 rings (SSSR count). The fraction of sp³-hybridized carbons (Fsp3) is 0.125. The summed E-state index contributed by atoms with van der Waals surface area (Å²) in [6.45, 7) is 0. The number of rotatable bonds is 2.